The smallest absolute Gasteiger partial charge is 0.228 e. The highest BCUT2D eigenvalue weighted by Crippen LogP contribution is 2.23. The summed E-state index contributed by atoms with van der Waals surface area (Å²) in [6.07, 6.45) is 1.87. The van der Waals surface area contributed by atoms with Crippen molar-refractivity contribution in [2.24, 2.45) is 5.73 Å². The van der Waals surface area contributed by atoms with Gasteiger partial charge in [0.15, 0.2) is 5.15 Å². The van der Waals surface area contributed by atoms with Crippen molar-refractivity contribution in [3.63, 3.8) is 0 Å². The van der Waals surface area contributed by atoms with Crippen molar-refractivity contribution in [2.75, 3.05) is 5.32 Å². The van der Waals surface area contributed by atoms with Gasteiger partial charge < -0.3 is 11.1 Å². The third-order valence-electron chi connectivity index (χ3n) is 3.07. The number of nitrogens with one attached hydrogen (secondary N) is 1. The van der Waals surface area contributed by atoms with Gasteiger partial charge in [-0.25, -0.2) is 4.98 Å². The van der Waals surface area contributed by atoms with Crippen molar-refractivity contribution in [3.05, 3.63) is 58.4 Å². The highest BCUT2D eigenvalue weighted by Gasteiger charge is 2.11. The second kappa shape index (κ2) is 6.50. The van der Waals surface area contributed by atoms with E-state index in [0.29, 0.717) is 17.4 Å². The highest BCUT2D eigenvalue weighted by atomic mass is 35.5. The lowest BCUT2D eigenvalue weighted by molar-refractivity contribution is -0.115. The molecule has 1 amide bonds. The molecule has 2 aromatic rings. The van der Waals surface area contributed by atoms with Crippen LogP contribution in [0.2, 0.25) is 5.15 Å². The van der Waals surface area contributed by atoms with Crippen molar-refractivity contribution in [1.82, 2.24) is 4.98 Å². The summed E-state index contributed by atoms with van der Waals surface area (Å²) < 4.78 is 0. The number of nitrogens with zero attached hydrogens (tertiary/aromatic N) is 1. The van der Waals surface area contributed by atoms with E-state index >= 15 is 0 Å². The molecule has 0 fully saturated rings. The maximum absolute atomic E-state index is 12.1. The van der Waals surface area contributed by atoms with Crippen molar-refractivity contribution in [1.29, 1.82) is 0 Å². The van der Waals surface area contributed by atoms with Crippen LogP contribution in [0, 0.1) is 6.92 Å². The summed E-state index contributed by atoms with van der Waals surface area (Å²) in [5.41, 5.74) is 8.99. The van der Waals surface area contributed by atoms with Crippen LogP contribution in [0.5, 0.6) is 0 Å². The van der Waals surface area contributed by atoms with Crippen LogP contribution in [-0.4, -0.2) is 10.9 Å². The third kappa shape index (κ3) is 3.35. The summed E-state index contributed by atoms with van der Waals surface area (Å²) in [6, 6.07) is 9.43. The zero-order chi connectivity index (χ0) is 14.5. The van der Waals surface area contributed by atoms with E-state index in [9.17, 15) is 4.79 Å². The number of anilines is 1. The highest BCUT2D eigenvalue weighted by molar-refractivity contribution is 6.32. The molecular formula is C15H16ClN3O. The largest absolute Gasteiger partial charge is 0.326 e. The molecule has 0 bridgehead atoms. The van der Waals surface area contributed by atoms with E-state index < -0.39 is 0 Å². The average Bonchev–Trinajstić information content (AvgIpc) is 2.44. The molecule has 1 aromatic heterocycles. The molecule has 4 nitrogen and oxygen atoms in total. The van der Waals surface area contributed by atoms with Gasteiger partial charge in [0.2, 0.25) is 5.91 Å². The van der Waals surface area contributed by atoms with Gasteiger partial charge in [0.1, 0.15) is 0 Å². The van der Waals surface area contributed by atoms with Gasteiger partial charge in [0.25, 0.3) is 0 Å². The van der Waals surface area contributed by atoms with Crippen LogP contribution in [0.4, 0.5) is 5.69 Å². The molecule has 2 rings (SSSR count). The van der Waals surface area contributed by atoms with Gasteiger partial charge in [-0.1, -0.05) is 35.9 Å². The first-order valence-electron chi connectivity index (χ1n) is 6.29. The second-order valence-electron chi connectivity index (χ2n) is 4.49. The van der Waals surface area contributed by atoms with Crippen molar-refractivity contribution in [2.45, 2.75) is 19.9 Å². The number of halogens is 1. The molecule has 0 aliphatic rings. The van der Waals surface area contributed by atoms with Crippen LogP contribution >= 0.6 is 11.6 Å². The summed E-state index contributed by atoms with van der Waals surface area (Å²) in [4.78, 5) is 16.1. The summed E-state index contributed by atoms with van der Waals surface area (Å²) in [5.74, 6) is -0.135. The van der Waals surface area contributed by atoms with E-state index in [-0.39, 0.29) is 12.3 Å². The lowest BCUT2D eigenvalue weighted by Gasteiger charge is -2.11. The summed E-state index contributed by atoms with van der Waals surface area (Å²) in [5, 5.41) is 3.10. The zero-order valence-corrected chi connectivity index (χ0v) is 11.9. The molecule has 1 heterocycles. The summed E-state index contributed by atoms with van der Waals surface area (Å²) >= 11 is 5.99. The van der Waals surface area contributed by atoms with Crippen LogP contribution in [0.15, 0.2) is 36.5 Å². The number of carbonyl (C=O) groups is 1. The Bertz CT molecular complexity index is 608. The van der Waals surface area contributed by atoms with Crippen LogP contribution in [0.3, 0.4) is 0 Å². The Hall–Kier alpha value is -1.91. The molecule has 0 aliphatic carbocycles. The predicted molar refractivity (Wildman–Crippen MR) is 80.7 cm³/mol. The maximum atomic E-state index is 12.1. The number of carbonyl (C=O) groups excluding carboxylic acids is 1. The van der Waals surface area contributed by atoms with Gasteiger partial charge in [0.05, 0.1) is 12.1 Å². The first-order valence-corrected chi connectivity index (χ1v) is 6.67. The van der Waals surface area contributed by atoms with Crippen LogP contribution in [-0.2, 0) is 17.8 Å². The Balaban J connectivity index is 2.13. The van der Waals surface area contributed by atoms with E-state index in [2.05, 4.69) is 10.3 Å². The molecule has 0 atom stereocenters. The molecule has 0 saturated carbocycles. The summed E-state index contributed by atoms with van der Waals surface area (Å²) in [7, 11) is 0. The Morgan fingerprint density at radius 3 is 2.65 bits per heavy atom. The molecule has 20 heavy (non-hydrogen) atoms. The minimum Gasteiger partial charge on any atom is -0.326 e. The van der Waals surface area contributed by atoms with Crippen molar-refractivity contribution in [3.8, 4) is 0 Å². The first kappa shape index (κ1) is 14.5. The fraction of sp³-hybridized carbons (Fsp3) is 0.200. The standard InChI is InChI=1S/C15H16ClN3O/c1-10-6-7-18-15(16)14(10)19-13(20)8-11-4-2-3-5-12(11)9-17/h2-7H,8-9,17H2,1H3,(H,19,20). The van der Waals surface area contributed by atoms with Crippen LogP contribution < -0.4 is 11.1 Å². The minimum atomic E-state index is -0.135. The number of hydrogen-bond donors (Lipinski definition) is 2. The zero-order valence-electron chi connectivity index (χ0n) is 11.2. The van der Waals surface area contributed by atoms with E-state index in [0.717, 1.165) is 16.7 Å². The maximum Gasteiger partial charge on any atom is 0.228 e. The number of aryl methyl sites for hydroxylation is 1. The van der Waals surface area contributed by atoms with E-state index in [4.69, 9.17) is 17.3 Å². The molecular weight excluding hydrogens is 274 g/mol. The lowest BCUT2D eigenvalue weighted by atomic mass is 10.0. The molecule has 0 spiro atoms. The minimum absolute atomic E-state index is 0.135. The lowest BCUT2D eigenvalue weighted by Crippen LogP contribution is -2.17. The van der Waals surface area contributed by atoms with Gasteiger partial charge >= 0.3 is 0 Å². The molecule has 104 valence electrons. The second-order valence-corrected chi connectivity index (χ2v) is 4.85. The number of benzene rings is 1. The van der Waals surface area contributed by atoms with Gasteiger partial charge in [-0.2, -0.15) is 0 Å². The van der Waals surface area contributed by atoms with E-state index in [1.54, 1.807) is 12.3 Å². The molecule has 0 unspecified atom stereocenters. The van der Waals surface area contributed by atoms with Crippen LogP contribution in [0.1, 0.15) is 16.7 Å². The Morgan fingerprint density at radius 1 is 1.30 bits per heavy atom. The van der Waals surface area contributed by atoms with Crippen molar-refractivity contribution >= 4 is 23.2 Å². The monoisotopic (exact) mass is 289 g/mol. The quantitative estimate of drug-likeness (QED) is 0.850. The van der Waals surface area contributed by atoms with Crippen LogP contribution in [0.25, 0.3) is 0 Å². The SMILES string of the molecule is Cc1ccnc(Cl)c1NC(=O)Cc1ccccc1CN. The van der Waals surface area contributed by atoms with Gasteiger partial charge in [-0.3, -0.25) is 4.79 Å². The number of hydrogen-bond acceptors (Lipinski definition) is 3. The number of pyridine rings is 1. The van der Waals surface area contributed by atoms with Gasteiger partial charge in [-0.05, 0) is 29.7 Å². The molecule has 0 radical (unpaired) electrons. The number of nitrogens with two attached hydrogens (primary N) is 1. The fourth-order valence-electron chi connectivity index (χ4n) is 1.96. The topological polar surface area (TPSA) is 68.0 Å². The Labute approximate surface area is 123 Å². The van der Waals surface area contributed by atoms with Gasteiger partial charge in [0, 0.05) is 12.7 Å². The van der Waals surface area contributed by atoms with Crippen molar-refractivity contribution < 1.29 is 4.79 Å². The third-order valence-corrected chi connectivity index (χ3v) is 3.35. The molecule has 3 N–H and O–H groups in total. The molecule has 5 heteroatoms. The average molecular weight is 290 g/mol. The number of rotatable bonds is 4. The van der Waals surface area contributed by atoms with E-state index in [1.807, 2.05) is 31.2 Å². The molecule has 1 aromatic carbocycles. The summed E-state index contributed by atoms with van der Waals surface area (Å²) in [6.45, 7) is 2.28. The Morgan fingerprint density at radius 2 is 2.00 bits per heavy atom. The fourth-order valence-corrected chi connectivity index (χ4v) is 2.21. The van der Waals surface area contributed by atoms with E-state index in [1.165, 1.54) is 0 Å². The Kier molecular flexibility index (Phi) is 4.71. The predicted octanol–water partition coefficient (Wildman–Crippen LogP) is 2.68. The normalized spacial score (nSPS) is 10.3. The number of aromatic nitrogens is 1. The first-order chi connectivity index (χ1) is 9.61. The molecule has 0 aliphatic heterocycles. The molecule has 0 saturated heterocycles. The van der Waals surface area contributed by atoms with Gasteiger partial charge in [-0.15, -0.1) is 0 Å². The number of amides is 1.